The molecule has 1 fully saturated rings. The van der Waals surface area contributed by atoms with Gasteiger partial charge in [-0.15, -0.1) is 0 Å². The first kappa shape index (κ1) is 12.0. The van der Waals surface area contributed by atoms with Crippen LogP contribution in [0, 0.1) is 6.92 Å². The second-order valence-corrected chi connectivity index (χ2v) is 4.61. The molecule has 0 aromatic carbocycles. The van der Waals surface area contributed by atoms with Gasteiger partial charge in [-0.25, -0.2) is 9.38 Å². The summed E-state index contributed by atoms with van der Waals surface area (Å²) in [5.74, 6) is 1.14. The Hall–Kier alpha value is -2.08. The molecule has 0 unspecified atom stereocenters. The molecular formula is C13H16N4O2. The summed E-state index contributed by atoms with van der Waals surface area (Å²) in [6.45, 7) is 4.63. The van der Waals surface area contributed by atoms with Crippen molar-refractivity contribution in [3.8, 4) is 0 Å². The number of ether oxygens (including phenoxy) is 1. The molecule has 6 heteroatoms. The second kappa shape index (κ2) is 4.55. The van der Waals surface area contributed by atoms with E-state index < -0.39 is 0 Å². The van der Waals surface area contributed by atoms with Crippen LogP contribution in [-0.4, -0.2) is 35.7 Å². The molecule has 3 heterocycles. The van der Waals surface area contributed by atoms with Crippen LogP contribution in [0.4, 0.5) is 11.6 Å². The highest BCUT2D eigenvalue weighted by molar-refractivity contribution is 5.56. The van der Waals surface area contributed by atoms with Gasteiger partial charge in [-0.3, -0.25) is 4.79 Å². The molecule has 0 aliphatic carbocycles. The summed E-state index contributed by atoms with van der Waals surface area (Å²) in [6.07, 6.45) is 0. The predicted molar refractivity (Wildman–Crippen MR) is 73.6 cm³/mol. The Bertz CT molecular complexity index is 674. The average molecular weight is 260 g/mol. The maximum Gasteiger partial charge on any atom is 0.264 e. The predicted octanol–water partition coefficient (Wildman–Crippen LogP) is 0.422. The van der Waals surface area contributed by atoms with E-state index in [4.69, 9.17) is 10.5 Å². The minimum Gasteiger partial charge on any atom is -0.385 e. The van der Waals surface area contributed by atoms with Crippen molar-refractivity contribution < 1.29 is 4.74 Å². The number of anilines is 2. The van der Waals surface area contributed by atoms with E-state index >= 15 is 0 Å². The van der Waals surface area contributed by atoms with Gasteiger partial charge in [0.25, 0.3) is 5.56 Å². The Morgan fingerprint density at radius 1 is 1.32 bits per heavy atom. The van der Waals surface area contributed by atoms with Gasteiger partial charge in [-0.2, -0.15) is 0 Å². The largest absolute Gasteiger partial charge is 0.385 e. The molecule has 0 spiro atoms. The quantitative estimate of drug-likeness (QED) is 0.804. The van der Waals surface area contributed by atoms with Gasteiger partial charge in [-0.05, 0) is 19.1 Å². The number of hydrogen-bond acceptors (Lipinski definition) is 5. The SMILES string of the molecule is Cc1c(N2CCOCC2)nc2cccc(N)n2c1=O. The Kier molecular flexibility index (Phi) is 2.87. The maximum absolute atomic E-state index is 12.4. The number of nitrogens with zero attached hydrogens (tertiary/aromatic N) is 3. The molecule has 1 aliphatic rings. The molecule has 2 N–H and O–H groups in total. The van der Waals surface area contributed by atoms with Gasteiger partial charge in [-0.1, -0.05) is 6.07 Å². The number of rotatable bonds is 1. The number of fused-ring (bicyclic) bond motifs is 1. The highest BCUT2D eigenvalue weighted by atomic mass is 16.5. The third kappa shape index (κ3) is 1.94. The van der Waals surface area contributed by atoms with Crippen LogP contribution >= 0.6 is 0 Å². The summed E-state index contributed by atoms with van der Waals surface area (Å²) in [6, 6.07) is 5.29. The highest BCUT2D eigenvalue weighted by Crippen LogP contribution is 2.17. The van der Waals surface area contributed by atoms with Gasteiger partial charge in [0.1, 0.15) is 17.3 Å². The van der Waals surface area contributed by atoms with Crippen LogP contribution in [-0.2, 0) is 4.74 Å². The Morgan fingerprint density at radius 3 is 2.79 bits per heavy atom. The monoisotopic (exact) mass is 260 g/mol. The van der Waals surface area contributed by atoms with Gasteiger partial charge >= 0.3 is 0 Å². The van der Waals surface area contributed by atoms with E-state index in [-0.39, 0.29) is 5.56 Å². The van der Waals surface area contributed by atoms with Crippen molar-refractivity contribution in [3.63, 3.8) is 0 Å². The first-order valence-corrected chi connectivity index (χ1v) is 6.29. The van der Waals surface area contributed by atoms with Gasteiger partial charge in [0.15, 0.2) is 0 Å². The van der Waals surface area contributed by atoms with E-state index in [2.05, 4.69) is 9.88 Å². The minimum absolute atomic E-state index is 0.107. The van der Waals surface area contributed by atoms with Crippen LogP contribution < -0.4 is 16.2 Å². The Labute approximate surface area is 110 Å². The fraction of sp³-hybridized carbons (Fsp3) is 0.385. The number of hydrogen-bond donors (Lipinski definition) is 1. The fourth-order valence-electron chi connectivity index (χ4n) is 2.36. The number of nitrogens with two attached hydrogens (primary N) is 1. The van der Waals surface area contributed by atoms with Gasteiger partial charge in [0.2, 0.25) is 0 Å². The van der Waals surface area contributed by atoms with Crippen LogP contribution in [0.1, 0.15) is 5.56 Å². The maximum atomic E-state index is 12.4. The fourth-order valence-corrected chi connectivity index (χ4v) is 2.36. The van der Waals surface area contributed by atoms with Crippen LogP contribution in [0.5, 0.6) is 0 Å². The molecule has 19 heavy (non-hydrogen) atoms. The number of pyridine rings is 1. The standard InChI is InChI=1S/C13H16N4O2/c1-9-12(16-5-7-19-8-6-16)15-11-4-2-3-10(14)17(11)13(9)18/h2-4H,5-8,14H2,1H3. The van der Waals surface area contributed by atoms with E-state index in [0.717, 1.165) is 18.9 Å². The van der Waals surface area contributed by atoms with Crippen LogP contribution in [0.15, 0.2) is 23.0 Å². The molecule has 0 amide bonds. The smallest absolute Gasteiger partial charge is 0.264 e. The lowest BCUT2D eigenvalue weighted by Crippen LogP contribution is -2.38. The van der Waals surface area contributed by atoms with Crippen molar-refractivity contribution in [2.24, 2.45) is 0 Å². The average Bonchev–Trinajstić information content (AvgIpc) is 2.43. The highest BCUT2D eigenvalue weighted by Gasteiger charge is 2.18. The van der Waals surface area contributed by atoms with E-state index in [9.17, 15) is 4.79 Å². The summed E-state index contributed by atoms with van der Waals surface area (Å²) in [4.78, 5) is 19.1. The van der Waals surface area contributed by atoms with E-state index in [0.29, 0.717) is 30.2 Å². The van der Waals surface area contributed by atoms with Crippen molar-refractivity contribution in [1.29, 1.82) is 0 Å². The Morgan fingerprint density at radius 2 is 2.05 bits per heavy atom. The minimum atomic E-state index is -0.107. The van der Waals surface area contributed by atoms with Crippen molar-refractivity contribution in [2.45, 2.75) is 6.92 Å². The normalized spacial score (nSPS) is 15.9. The third-order valence-corrected chi connectivity index (χ3v) is 3.39. The molecule has 1 aliphatic heterocycles. The van der Waals surface area contributed by atoms with Crippen molar-refractivity contribution in [1.82, 2.24) is 9.38 Å². The van der Waals surface area contributed by atoms with Crippen LogP contribution in [0.25, 0.3) is 5.65 Å². The van der Waals surface area contributed by atoms with Crippen molar-refractivity contribution in [3.05, 3.63) is 34.1 Å². The zero-order chi connectivity index (χ0) is 13.4. The first-order valence-electron chi connectivity index (χ1n) is 6.29. The molecule has 2 aromatic rings. The summed E-state index contributed by atoms with van der Waals surface area (Å²) in [7, 11) is 0. The zero-order valence-corrected chi connectivity index (χ0v) is 10.8. The molecule has 0 radical (unpaired) electrons. The third-order valence-electron chi connectivity index (χ3n) is 3.39. The molecule has 1 saturated heterocycles. The van der Waals surface area contributed by atoms with Crippen molar-refractivity contribution >= 4 is 17.3 Å². The molecule has 100 valence electrons. The van der Waals surface area contributed by atoms with E-state index in [1.807, 2.05) is 0 Å². The zero-order valence-electron chi connectivity index (χ0n) is 10.8. The summed E-state index contributed by atoms with van der Waals surface area (Å²) in [5.41, 5.74) is 6.94. The van der Waals surface area contributed by atoms with E-state index in [1.54, 1.807) is 25.1 Å². The molecule has 2 aromatic heterocycles. The van der Waals surface area contributed by atoms with E-state index in [1.165, 1.54) is 4.40 Å². The number of nitrogen functional groups attached to an aromatic ring is 1. The summed E-state index contributed by atoms with van der Waals surface area (Å²) in [5, 5.41) is 0. The first-order chi connectivity index (χ1) is 9.18. The van der Waals surface area contributed by atoms with Gasteiger partial charge in [0, 0.05) is 13.1 Å². The molecular weight excluding hydrogens is 244 g/mol. The molecule has 6 nitrogen and oxygen atoms in total. The molecule has 0 bridgehead atoms. The lowest BCUT2D eigenvalue weighted by Gasteiger charge is -2.29. The Balaban J connectivity index is 2.21. The summed E-state index contributed by atoms with van der Waals surface area (Å²) < 4.78 is 6.77. The molecule has 3 rings (SSSR count). The van der Waals surface area contributed by atoms with Crippen LogP contribution in [0.3, 0.4) is 0 Å². The molecule has 0 saturated carbocycles. The van der Waals surface area contributed by atoms with Crippen molar-refractivity contribution in [2.75, 3.05) is 36.9 Å². The number of aromatic nitrogens is 2. The lowest BCUT2D eigenvalue weighted by atomic mass is 10.2. The summed E-state index contributed by atoms with van der Waals surface area (Å²) >= 11 is 0. The van der Waals surface area contributed by atoms with Gasteiger partial charge in [0.05, 0.1) is 18.8 Å². The van der Waals surface area contributed by atoms with Crippen LogP contribution in [0.2, 0.25) is 0 Å². The van der Waals surface area contributed by atoms with Gasteiger partial charge < -0.3 is 15.4 Å². The number of morpholine rings is 1. The topological polar surface area (TPSA) is 72.9 Å². The lowest BCUT2D eigenvalue weighted by molar-refractivity contribution is 0.122. The second-order valence-electron chi connectivity index (χ2n) is 4.61. The molecule has 0 atom stereocenters.